The highest BCUT2D eigenvalue weighted by Gasteiger charge is 2.17. The molecule has 2 aromatic carbocycles. The van der Waals surface area contributed by atoms with Crippen LogP contribution in [0.3, 0.4) is 0 Å². The van der Waals surface area contributed by atoms with Crippen molar-refractivity contribution in [2.45, 2.75) is 19.2 Å². The van der Waals surface area contributed by atoms with Crippen LogP contribution in [0.2, 0.25) is 0 Å². The average Bonchev–Trinajstić information content (AvgIpc) is 2.86. The minimum absolute atomic E-state index is 0.0841. The van der Waals surface area contributed by atoms with Gasteiger partial charge in [-0.25, -0.2) is 0 Å². The zero-order chi connectivity index (χ0) is 14.3. The van der Waals surface area contributed by atoms with Gasteiger partial charge in [-0.05, 0) is 54.1 Å². The van der Waals surface area contributed by atoms with Crippen molar-refractivity contribution < 1.29 is 0 Å². The number of fused-ring (bicyclic) bond motifs is 1. The normalized spacial score (nSPS) is 12.8. The van der Waals surface area contributed by atoms with Crippen molar-refractivity contribution >= 4 is 49.0 Å². The second kappa shape index (κ2) is 5.51. The van der Waals surface area contributed by atoms with E-state index in [1.165, 1.54) is 31.7 Å². The van der Waals surface area contributed by atoms with Crippen LogP contribution in [0.15, 0.2) is 46.9 Å². The molecule has 1 aromatic heterocycles. The third-order valence-electron chi connectivity index (χ3n) is 3.51. The maximum Gasteiger partial charge on any atom is 0.0930 e. The van der Waals surface area contributed by atoms with Crippen LogP contribution in [0.4, 0.5) is 0 Å². The lowest BCUT2D eigenvalue weighted by Crippen LogP contribution is -1.95. The lowest BCUT2D eigenvalue weighted by atomic mass is 10.0. The number of aryl methyl sites for hydroxylation is 2. The van der Waals surface area contributed by atoms with Crippen molar-refractivity contribution in [3.63, 3.8) is 0 Å². The smallest absolute Gasteiger partial charge is 0.0930 e. The third kappa shape index (κ3) is 2.52. The first-order chi connectivity index (χ1) is 9.56. The first-order valence-electron chi connectivity index (χ1n) is 6.45. The molecule has 0 nitrogen and oxygen atoms in total. The van der Waals surface area contributed by atoms with E-state index in [0.29, 0.717) is 0 Å². The fourth-order valence-corrected chi connectivity index (χ4v) is 4.31. The summed E-state index contributed by atoms with van der Waals surface area (Å²) in [7, 11) is 0. The summed E-state index contributed by atoms with van der Waals surface area (Å²) in [6.07, 6.45) is 0. The fraction of sp³-hybridized carbons (Fsp3) is 0.176. The Morgan fingerprint density at radius 1 is 1.05 bits per heavy atom. The monoisotopic (exact) mass is 364 g/mol. The van der Waals surface area contributed by atoms with Crippen molar-refractivity contribution in [1.29, 1.82) is 0 Å². The summed E-state index contributed by atoms with van der Waals surface area (Å²) in [5.41, 5.74) is 3.64. The van der Waals surface area contributed by atoms with Crippen LogP contribution in [-0.4, -0.2) is 0 Å². The minimum Gasteiger partial charge on any atom is -0.138 e. The molecule has 1 unspecified atom stereocenters. The number of thiophene rings is 1. The summed E-state index contributed by atoms with van der Waals surface area (Å²) >= 11 is 12.1. The lowest BCUT2D eigenvalue weighted by molar-refractivity contribution is 1.13. The Kier molecular flexibility index (Phi) is 3.89. The SMILES string of the molecule is Cc1cc(C(Cl)c2cc3ccccc3s2)c(C)cc1Br. The molecule has 0 spiro atoms. The Balaban J connectivity index is 2.07. The molecule has 1 atom stereocenters. The Bertz CT molecular complexity index is 743. The molecule has 3 heteroatoms. The Labute approximate surface area is 136 Å². The van der Waals surface area contributed by atoms with Crippen molar-refractivity contribution in [3.05, 3.63) is 68.5 Å². The van der Waals surface area contributed by atoms with Gasteiger partial charge in [0.1, 0.15) is 0 Å². The van der Waals surface area contributed by atoms with Gasteiger partial charge in [0.05, 0.1) is 5.38 Å². The van der Waals surface area contributed by atoms with Gasteiger partial charge in [0.2, 0.25) is 0 Å². The average molecular weight is 366 g/mol. The van der Waals surface area contributed by atoms with Crippen LogP contribution >= 0.6 is 38.9 Å². The number of alkyl halides is 1. The quantitative estimate of drug-likeness (QED) is 0.448. The van der Waals surface area contributed by atoms with Gasteiger partial charge in [-0.2, -0.15) is 0 Å². The van der Waals surface area contributed by atoms with Gasteiger partial charge in [-0.3, -0.25) is 0 Å². The van der Waals surface area contributed by atoms with Gasteiger partial charge in [-0.15, -0.1) is 22.9 Å². The highest BCUT2D eigenvalue weighted by Crippen LogP contribution is 2.39. The molecule has 20 heavy (non-hydrogen) atoms. The van der Waals surface area contributed by atoms with Crippen molar-refractivity contribution in [2.24, 2.45) is 0 Å². The van der Waals surface area contributed by atoms with Crippen molar-refractivity contribution in [3.8, 4) is 0 Å². The molecule has 3 aromatic rings. The van der Waals surface area contributed by atoms with E-state index in [9.17, 15) is 0 Å². The van der Waals surface area contributed by atoms with E-state index in [0.717, 1.165) is 4.47 Å². The minimum atomic E-state index is -0.0841. The molecule has 0 fully saturated rings. The highest BCUT2D eigenvalue weighted by molar-refractivity contribution is 9.10. The number of halogens is 2. The maximum absolute atomic E-state index is 6.73. The Morgan fingerprint density at radius 3 is 2.55 bits per heavy atom. The molecule has 102 valence electrons. The topological polar surface area (TPSA) is 0 Å². The first kappa shape index (κ1) is 14.1. The zero-order valence-corrected chi connectivity index (χ0v) is 14.4. The molecule has 0 N–H and O–H groups in total. The lowest BCUT2D eigenvalue weighted by Gasteiger charge is -2.13. The summed E-state index contributed by atoms with van der Waals surface area (Å²) < 4.78 is 2.43. The van der Waals surface area contributed by atoms with Gasteiger partial charge < -0.3 is 0 Å². The second-order valence-electron chi connectivity index (χ2n) is 5.01. The predicted molar refractivity (Wildman–Crippen MR) is 93.1 cm³/mol. The predicted octanol–water partition coefficient (Wildman–Crippen LogP) is 6.61. The van der Waals surface area contributed by atoms with E-state index in [2.05, 4.69) is 72.2 Å². The van der Waals surface area contributed by atoms with Gasteiger partial charge in [-0.1, -0.05) is 40.2 Å². The molecule has 0 aliphatic heterocycles. The fourth-order valence-electron chi connectivity index (χ4n) is 2.36. The van der Waals surface area contributed by atoms with E-state index in [4.69, 9.17) is 11.6 Å². The molecule has 1 heterocycles. The number of hydrogen-bond acceptors (Lipinski definition) is 1. The molecule has 0 saturated heterocycles. The van der Waals surface area contributed by atoms with Crippen molar-refractivity contribution in [1.82, 2.24) is 0 Å². The van der Waals surface area contributed by atoms with Gasteiger partial charge in [0.25, 0.3) is 0 Å². The molecule has 3 rings (SSSR count). The number of rotatable bonds is 2. The summed E-state index contributed by atoms with van der Waals surface area (Å²) in [6.45, 7) is 4.21. The van der Waals surface area contributed by atoms with Crippen LogP contribution in [-0.2, 0) is 0 Å². The molecule has 0 aliphatic carbocycles. The maximum atomic E-state index is 6.73. The summed E-state index contributed by atoms with van der Waals surface area (Å²) in [5, 5.41) is 1.18. The number of benzene rings is 2. The van der Waals surface area contributed by atoms with Gasteiger partial charge in [0, 0.05) is 14.0 Å². The molecule has 0 saturated carbocycles. The summed E-state index contributed by atoms with van der Waals surface area (Å²) in [5.74, 6) is 0. The Hall–Kier alpha value is -0.830. The van der Waals surface area contributed by atoms with E-state index < -0.39 is 0 Å². The second-order valence-corrected chi connectivity index (χ2v) is 7.41. The van der Waals surface area contributed by atoms with Crippen LogP contribution in [0.1, 0.15) is 26.9 Å². The number of hydrogen-bond donors (Lipinski definition) is 0. The van der Waals surface area contributed by atoms with Crippen molar-refractivity contribution in [2.75, 3.05) is 0 Å². The van der Waals surface area contributed by atoms with Crippen LogP contribution in [0.25, 0.3) is 10.1 Å². The molecule has 0 bridgehead atoms. The van der Waals surface area contributed by atoms with Gasteiger partial charge in [0.15, 0.2) is 0 Å². The third-order valence-corrected chi connectivity index (χ3v) is 6.15. The van der Waals surface area contributed by atoms with E-state index in [-0.39, 0.29) is 5.38 Å². The molecular weight excluding hydrogens is 352 g/mol. The first-order valence-corrected chi connectivity index (χ1v) is 8.50. The molecule has 0 amide bonds. The largest absolute Gasteiger partial charge is 0.138 e. The van der Waals surface area contributed by atoms with Crippen LogP contribution < -0.4 is 0 Å². The molecule has 0 aliphatic rings. The molecular formula is C17H14BrClS. The zero-order valence-electron chi connectivity index (χ0n) is 11.3. The summed E-state index contributed by atoms with van der Waals surface area (Å²) in [6, 6.07) is 15.0. The molecule has 0 radical (unpaired) electrons. The highest BCUT2D eigenvalue weighted by atomic mass is 79.9. The van der Waals surface area contributed by atoms with Gasteiger partial charge >= 0.3 is 0 Å². The van der Waals surface area contributed by atoms with E-state index >= 15 is 0 Å². The Morgan fingerprint density at radius 2 is 1.80 bits per heavy atom. The van der Waals surface area contributed by atoms with Crippen LogP contribution in [0, 0.1) is 13.8 Å². The van der Waals surface area contributed by atoms with Crippen LogP contribution in [0.5, 0.6) is 0 Å². The summed E-state index contributed by atoms with van der Waals surface area (Å²) in [4.78, 5) is 1.21. The van der Waals surface area contributed by atoms with E-state index in [1.54, 1.807) is 11.3 Å². The van der Waals surface area contributed by atoms with E-state index in [1.807, 2.05) is 0 Å². The standard InChI is InChI=1S/C17H14BrClS/c1-10-8-14(18)11(2)7-13(10)17(19)16-9-12-5-3-4-6-15(12)20-16/h3-9,17H,1-2H3.